The second kappa shape index (κ2) is 64.4. The number of nitrogens with zero attached hydrogens (tertiary/aromatic N) is 1. The standard InChI is InChI=1S/C74H132NO8P/c1-6-8-10-12-14-16-18-20-22-24-26-28-29-30-31-32-33-34-35-36-37-38-39-40-41-42-43-44-45-47-49-51-53-55-57-59-61-63-65-67-74(77)83-72(71-82-84(78,79)81-69-68-75(3,4)5)70-80-73(76)66-64-62-60-58-56-54-52-50-48-46-27-25-23-21-19-17-15-13-11-9-7-2/h8-11,14-17,20-23,26-28,46,72H,6-7,12-13,18-19,24-25,29-45,47-71H2,1-5H3/p+1/b10-8-,11-9-,16-14-,17-15-,22-20-,23-21-,28-26-,46-27-. The number of esters is 2. The number of quaternary nitrogens is 1. The second-order valence-corrected chi connectivity index (χ2v) is 26.0. The molecule has 0 heterocycles. The predicted molar refractivity (Wildman–Crippen MR) is 362 cm³/mol. The molecule has 84 heavy (non-hydrogen) atoms. The second-order valence-electron chi connectivity index (χ2n) is 24.5. The average Bonchev–Trinajstić information content (AvgIpc) is 3.61. The molecule has 0 radical (unpaired) electrons. The maximum absolute atomic E-state index is 12.9. The Hall–Kier alpha value is -3.07. The molecular weight excluding hydrogens is 1060 g/mol. The van der Waals surface area contributed by atoms with Crippen LogP contribution in [-0.2, 0) is 32.7 Å². The van der Waals surface area contributed by atoms with Gasteiger partial charge in [0.25, 0.3) is 0 Å². The maximum atomic E-state index is 12.9. The van der Waals surface area contributed by atoms with E-state index >= 15 is 0 Å². The summed E-state index contributed by atoms with van der Waals surface area (Å²) in [4.78, 5) is 35.8. The van der Waals surface area contributed by atoms with E-state index < -0.39 is 26.5 Å². The number of carbonyl (C=O) groups excluding carboxylic acids is 2. The van der Waals surface area contributed by atoms with Gasteiger partial charge in [-0.05, 0) is 89.9 Å². The van der Waals surface area contributed by atoms with Crippen LogP contribution in [0.25, 0.3) is 0 Å². The fourth-order valence-electron chi connectivity index (χ4n) is 9.83. The minimum absolute atomic E-state index is 0.0286. The molecule has 10 heteroatoms. The van der Waals surface area contributed by atoms with Crippen molar-refractivity contribution in [2.24, 2.45) is 0 Å². The molecule has 9 nitrogen and oxygen atoms in total. The van der Waals surface area contributed by atoms with Crippen LogP contribution in [0.2, 0.25) is 0 Å². The summed E-state index contributed by atoms with van der Waals surface area (Å²) in [5.74, 6) is -0.798. The van der Waals surface area contributed by atoms with Crippen molar-refractivity contribution in [2.75, 3.05) is 47.5 Å². The number of allylic oxidation sites excluding steroid dienone is 16. The third-order valence-electron chi connectivity index (χ3n) is 15.1. The summed E-state index contributed by atoms with van der Waals surface area (Å²) >= 11 is 0. The van der Waals surface area contributed by atoms with Crippen LogP contribution in [0.1, 0.15) is 309 Å². The summed E-state index contributed by atoms with van der Waals surface area (Å²) in [6.45, 7) is 4.23. The SMILES string of the molecule is CC/C=C\C/C=C\C/C=C\C/C=C\CCCCCCCCCCCCCCCCCCCCCCCCCCCCC(=O)OC(COC(=O)CCCCCCCCCC/C=C\C/C=C\C/C=C\C/C=C\CC)COP(=O)(O)OCC[N+](C)(C)C. The molecule has 0 saturated carbocycles. The van der Waals surface area contributed by atoms with Crippen LogP contribution in [-0.4, -0.2) is 74.9 Å². The minimum Gasteiger partial charge on any atom is -0.462 e. The van der Waals surface area contributed by atoms with Crippen LogP contribution >= 0.6 is 7.82 Å². The van der Waals surface area contributed by atoms with E-state index in [1.807, 2.05) is 21.1 Å². The number of likely N-dealkylation sites (N-methyl/N-ethyl adjacent to an activating group) is 1. The number of ether oxygens (including phenoxy) is 2. The van der Waals surface area contributed by atoms with Gasteiger partial charge in [0, 0.05) is 12.8 Å². The normalized spacial score (nSPS) is 13.7. The van der Waals surface area contributed by atoms with Gasteiger partial charge in [0.05, 0.1) is 27.7 Å². The highest BCUT2D eigenvalue weighted by Gasteiger charge is 2.27. The van der Waals surface area contributed by atoms with Crippen molar-refractivity contribution in [3.63, 3.8) is 0 Å². The van der Waals surface area contributed by atoms with Gasteiger partial charge in [0.15, 0.2) is 6.10 Å². The molecule has 0 aromatic heterocycles. The largest absolute Gasteiger partial charge is 0.472 e. The molecule has 2 atom stereocenters. The van der Waals surface area contributed by atoms with Gasteiger partial charge in [0.2, 0.25) is 0 Å². The molecule has 0 spiro atoms. The quantitative estimate of drug-likeness (QED) is 0.0211. The molecule has 0 aromatic carbocycles. The Morgan fingerprint density at radius 3 is 0.952 bits per heavy atom. The van der Waals surface area contributed by atoms with E-state index in [1.54, 1.807) is 0 Å². The Bertz CT molecular complexity index is 1740. The molecule has 0 rings (SSSR count). The number of hydrogen-bond donors (Lipinski definition) is 1. The summed E-state index contributed by atoms with van der Waals surface area (Å²) in [5.41, 5.74) is 0. The molecule has 1 N–H and O–H groups in total. The van der Waals surface area contributed by atoms with E-state index in [0.717, 1.165) is 96.3 Å². The van der Waals surface area contributed by atoms with Gasteiger partial charge >= 0.3 is 19.8 Å². The Labute approximate surface area is 519 Å². The zero-order chi connectivity index (χ0) is 61.2. The summed E-state index contributed by atoms with van der Waals surface area (Å²) in [6, 6.07) is 0. The third kappa shape index (κ3) is 68.0. The lowest BCUT2D eigenvalue weighted by Gasteiger charge is -2.24. The monoisotopic (exact) mass is 1190 g/mol. The van der Waals surface area contributed by atoms with Gasteiger partial charge in [-0.25, -0.2) is 4.57 Å². The Kier molecular flexibility index (Phi) is 62.1. The molecule has 0 saturated heterocycles. The highest BCUT2D eigenvalue weighted by molar-refractivity contribution is 7.47. The number of carbonyl (C=O) groups is 2. The first-order chi connectivity index (χ1) is 41.0. The molecule has 0 fully saturated rings. The fourth-order valence-corrected chi connectivity index (χ4v) is 10.6. The van der Waals surface area contributed by atoms with Crippen LogP contribution in [0.15, 0.2) is 97.2 Å². The molecule has 0 aliphatic carbocycles. The topological polar surface area (TPSA) is 108 Å². The maximum Gasteiger partial charge on any atom is 0.472 e. The number of phosphoric ester groups is 1. The Balaban J connectivity index is 3.95. The van der Waals surface area contributed by atoms with Gasteiger partial charge in [-0.3, -0.25) is 18.6 Å². The van der Waals surface area contributed by atoms with E-state index in [-0.39, 0.29) is 32.0 Å². The van der Waals surface area contributed by atoms with Gasteiger partial charge in [-0.15, -0.1) is 0 Å². The fraction of sp³-hybridized carbons (Fsp3) is 0.757. The van der Waals surface area contributed by atoms with Gasteiger partial charge < -0.3 is 18.9 Å². The lowest BCUT2D eigenvalue weighted by atomic mass is 10.0. The smallest absolute Gasteiger partial charge is 0.462 e. The number of hydrogen-bond acceptors (Lipinski definition) is 7. The van der Waals surface area contributed by atoms with Crippen LogP contribution in [0.3, 0.4) is 0 Å². The molecular formula is C74H133NO8P+. The van der Waals surface area contributed by atoms with E-state index in [9.17, 15) is 19.0 Å². The highest BCUT2D eigenvalue weighted by Crippen LogP contribution is 2.43. The molecule has 0 aliphatic heterocycles. The van der Waals surface area contributed by atoms with Gasteiger partial charge in [0.1, 0.15) is 19.8 Å². The molecule has 0 aromatic rings. The van der Waals surface area contributed by atoms with Gasteiger partial charge in [-0.1, -0.05) is 304 Å². The van der Waals surface area contributed by atoms with E-state index in [4.69, 9.17) is 18.5 Å². The molecule has 0 amide bonds. The van der Waals surface area contributed by atoms with Crippen molar-refractivity contribution in [3.8, 4) is 0 Å². The van der Waals surface area contributed by atoms with Crippen molar-refractivity contribution in [3.05, 3.63) is 97.2 Å². The molecule has 486 valence electrons. The first-order valence-electron chi connectivity index (χ1n) is 35.0. The summed E-state index contributed by atoms with van der Waals surface area (Å²) in [7, 11) is 1.48. The Morgan fingerprint density at radius 1 is 0.369 bits per heavy atom. The van der Waals surface area contributed by atoms with Crippen molar-refractivity contribution in [1.29, 1.82) is 0 Å². The lowest BCUT2D eigenvalue weighted by molar-refractivity contribution is -0.870. The predicted octanol–water partition coefficient (Wildman–Crippen LogP) is 22.7. The van der Waals surface area contributed by atoms with Crippen LogP contribution in [0.4, 0.5) is 0 Å². The summed E-state index contributed by atoms with van der Waals surface area (Å²) in [5, 5.41) is 0. The number of unbranched alkanes of at least 4 members (excludes halogenated alkanes) is 34. The number of rotatable bonds is 64. The third-order valence-corrected chi connectivity index (χ3v) is 16.1. The van der Waals surface area contributed by atoms with Crippen molar-refractivity contribution >= 4 is 19.8 Å². The van der Waals surface area contributed by atoms with E-state index in [2.05, 4.69) is 111 Å². The van der Waals surface area contributed by atoms with Crippen molar-refractivity contribution in [1.82, 2.24) is 0 Å². The average molecular weight is 1200 g/mol. The van der Waals surface area contributed by atoms with Crippen LogP contribution < -0.4 is 0 Å². The molecule has 0 aliphatic rings. The van der Waals surface area contributed by atoms with E-state index in [0.29, 0.717) is 17.4 Å². The van der Waals surface area contributed by atoms with Crippen molar-refractivity contribution in [2.45, 2.75) is 315 Å². The zero-order valence-electron chi connectivity index (χ0n) is 55.4. The van der Waals surface area contributed by atoms with E-state index in [1.165, 1.54) is 180 Å². The first-order valence-corrected chi connectivity index (χ1v) is 36.5. The Morgan fingerprint density at radius 2 is 0.643 bits per heavy atom. The molecule has 2 unspecified atom stereocenters. The molecule has 0 bridgehead atoms. The number of phosphoric acid groups is 1. The minimum atomic E-state index is -4.40. The van der Waals surface area contributed by atoms with Gasteiger partial charge in [-0.2, -0.15) is 0 Å². The van der Waals surface area contributed by atoms with Crippen LogP contribution in [0.5, 0.6) is 0 Å². The van der Waals surface area contributed by atoms with Crippen LogP contribution in [0, 0.1) is 0 Å². The first kappa shape index (κ1) is 80.9. The summed E-state index contributed by atoms with van der Waals surface area (Å²) < 4.78 is 34.7. The lowest BCUT2D eigenvalue weighted by Crippen LogP contribution is -2.37. The summed E-state index contributed by atoms with van der Waals surface area (Å²) in [6.07, 6.45) is 89.5. The highest BCUT2D eigenvalue weighted by atomic mass is 31.2. The van der Waals surface area contributed by atoms with Crippen molar-refractivity contribution < 1.29 is 42.1 Å². The zero-order valence-corrected chi connectivity index (χ0v) is 56.3.